The van der Waals surface area contributed by atoms with E-state index in [-0.39, 0.29) is 5.75 Å². The molecule has 0 amide bonds. The molecule has 20 heavy (non-hydrogen) atoms. The number of aromatic nitrogens is 1. The fourth-order valence-corrected chi connectivity index (χ4v) is 5.01. The number of nitrogens with two attached hydrogens (primary N) is 1. The van der Waals surface area contributed by atoms with E-state index in [4.69, 9.17) is 5.73 Å². The van der Waals surface area contributed by atoms with Gasteiger partial charge in [-0.15, -0.1) is 0 Å². The molecule has 2 heterocycles. The molecule has 4 nitrogen and oxygen atoms in total. The number of hydrogen-bond acceptors (Lipinski definition) is 4. The van der Waals surface area contributed by atoms with E-state index in [0.29, 0.717) is 6.42 Å². The predicted octanol–water partition coefficient (Wildman–Crippen LogP) is 2.20. The summed E-state index contributed by atoms with van der Waals surface area (Å²) in [5, 5.41) is 0.512. The summed E-state index contributed by atoms with van der Waals surface area (Å²) in [5.41, 5.74) is 7.93. The Kier molecular flexibility index (Phi) is 3.48. The third-order valence-electron chi connectivity index (χ3n) is 4.05. The van der Waals surface area contributed by atoms with Gasteiger partial charge in [-0.1, -0.05) is 30.7 Å². The van der Waals surface area contributed by atoms with Crippen molar-refractivity contribution in [3.05, 3.63) is 42.1 Å². The Morgan fingerprint density at radius 2 is 2.00 bits per heavy atom. The smallest absolute Gasteiger partial charge is 0.155 e. The number of pyridine rings is 1. The summed E-state index contributed by atoms with van der Waals surface area (Å²) in [4.78, 5) is 4.37. The Morgan fingerprint density at radius 3 is 2.80 bits per heavy atom. The summed E-state index contributed by atoms with van der Waals surface area (Å²) in [6.07, 6.45) is 4.04. The first-order valence-corrected chi connectivity index (χ1v) is 8.62. The molecule has 3 rings (SSSR count). The van der Waals surface area contributed by atoms with Gasteiger partial charge in [0.2, 0.25) is 0 Å². The van der Waals surface area contributed by atoms with Crippen molar-refractivity contribution in [1.82, 2.24) is 4.98 Å². The van der Waals surface area contributed by atoms with Crippen molar-refractivity contribution >= 4 is 20.7 Å². The predicted molar refractivity (Wildman–Crippen MR) is 80.1 cm³/mol. The number of nitrogens with zero attached hydrogens (tertiary/aromatic N) is 1. The van der Waals surface area contributed by atoms with Gasteiger partial charge in [0.1, 0.15) is 0 Å². The third kappa shape index (κ3) is 2.31. The maximum absolute atomic E-state index is 12.2. The zero-order valence-corrected chi connectivity index (χ0v) is 12.0. The highest BCUT2D eigenvalue weighted by Gasteiger charge is 2.35. The Labute approximate surface area is 118 Å². The zero-order chi connectivity index (χ0) is 14.2. The molecule has 5 heteroatoms. The van der Waals surface area contributed by atoms with Crippen LogP contribution in [-0.4, -0.2) is 24.4 Å². The Morgan fingerprint density at radius 1 is 1.20 bits per heavy atom. The van der Waals surface area contributed by atoms with E-state index in [0.717, 1.165) is 29.3 Å². The molecule has 1 aliphatic heterocycles. The van der Waals surface area contributed by atoms with Crippen LogP contribution in [0.15, 0.2) is 36.5 Å². The van der Waals surface area contributed by atoms with E-state index in [2.05, 4.69) is 4.98 Å². The van der Waals surface area contributed by atoms with Crippen LogP contribution in [0.25, 0.3) is 10.9 Å². The molecule has 0 saturated carbocycles. The van der Waals surface area contributed by atoms with Crippen LogP contribution in [0.2, 0.25) is 0 Å². The highest BCUT2D eigenvalue weighted by atomic mass is 32.2. The van der Waals surface area contributed by atoms with Gasteiger partial charge in [0, 0.05) is 17.6 Å². The summed E-state index contributed by atoms with van der Waals surface area (Å²) in [7, 11) is -3.09. The average Bonchev–Trinajstić information content (AvgIpc) is 2.45. The monoisotopic (exact) mass is 290 g/mol. The first kappa shape index (κ1) is 13.5. The first-order chi connectivity index (χ1) is 9.59. The van der Waals surface area contributed by atoms with Crippen LogP contribution in [0.1, 0.15) is 30.9 Å². The Hall–Kier alpha value is -1.46. The van der Waals surface area contributed by atoms with Crippen LogP contribution in [0.5, 0.6) is 0 Å². The summed E-state index contributed by atoms with van der Waals surface area (Å²) >= 11 is 0. The highest BCUT2D eigenvalue weighted by molar-refractivity contribution is 7.92. The van der Waals surface area contributed by atoms with Gasteiger partial charge in [0.15, 0.2) is 9.84 Å². The summed E-state index contributed by atoms with van der Waals surface area (Å²) in [5.74, 6) is 0.254. The van der Waals surface area contributed by atoms with Crippen molar-refractivity contribution in [2.24, 2.45) is 5.73 Å². The SMILES string of the molecule is NC(c1cccc2cccnc12)C1CCCCS1(=O)=O. The van der Waals surface area contributed by atoms with Crippen LogP contribution in [0.4, 0.5) is 0 Å². The molecule has 106 valence electrons. The Bertz CT molecular complexity index is 722. The molecule has 1 aromatic carbocycles. The molecular weight excluding hydrogens is 272 g/mol. The highest BCUT2D eigenvalue weighted by Crippen LogP contribution is 2.31. The van der Waals surface area contributed by atoms with Gasteiger partial charge in [-0.2, -0.15) is 0 Å². The van der Waals surface area contributed by atoms with Crippen LogP contribution < -0.4 is 5.73 Å². The van der Waals surface area contributed by atoms with Crippen molar-refractivity contribution in [3.8, 4) is 0 Å². The molecule has 2 N–H and O–H groups in total. The molecule has 1 aliphatic rings. The van der Waals surface area contributed by atoms with E-state index in [9.17, 15) is 8.42 Å². The molecule has 0 aliphatic carbocycles. The zero-order valence-electron chi connectivity index (χ0n) is 11.2. The lowest BCUT2D eigenvalue weighted by atomic mass is 9.98. The molecule has 2 unspecified atom stereocenters. The normalized spacial score (nSPS) is 23.6. The summed E-state index contributed by atoms with van der Waals surface area (Å²) in [6.45, 7) is 0. The van der Waals surface area contributed by atoms with Crippen molar-refractivity contribution in [2.45, 2.75) is 30.6 Å². The van der Waals surface area contributed by atoms with Crippen molar-refractivity contribution < 1.29 is 8.42 Å². The average molecular weight is 290 g/mol. The lowest BCUT2D eigenvalue weighted by Crippen LogP contribution is -2.38. The second-order valence-electron chi connectivity index (χ2n) is 5.35. The van der Waals surface area contributed by atoms with Gasteiger partial charge in [-0.3, -0.25) is 4.98 Å². The van der Waals surface area contributed by atoms with Gasteiger partial charge < -0.3 is 5.73 Å². The largest absolute Gasteiger partial charge is 0.323 e. The first-order valence-electron chi connectivity index (χ1n) is 6.90. The van der Waals surface area contributed by atoms with Crippen LogP contribution in [0, 0.1) is 0 Å². The molecule has 1 fully saturated rings. The summed E-state index contributed by atoms with van der Waals surface area (Å²) < 4.78 is 24.5. The van der Waals surface area contributed by atoms with Crippen LogP contribution in [-0.2, 0) is 9.84 Å². The molecule has 2 aromatic rings. The maximum Gasteiger partial charge on any atom is 0.155 e. The minimum atomic E-state index is -3.09. The van der Waals surface area contributed by atoms with Crippen molar-refractivity contribution in [1.29, 1.82) is 0 Å². The number of para-hydroxylation sites is 1. The minimum absolute atomic E-state index is 0.254. The molecule has 2 atom stereocenters. The van der Waals surface area contributed by atoms with Gasteiger partial charge in [0.25, 0.3) is 0 Å². The standard InChI is InChI=1S/C15H18N2O2S/c16-14(13-8-1-2-10-20(13,18)19)12-7-3-5-11-6-4-9-17-15(11)12/h3-7,9,13-14H,1-2,8,10,16H2. The topological polar surface area (TPSA) is 73.0 Å². The Balaban J connectivity index is 2.06. The van der Waals surface area contributed by atoms with Crippen LogP contribution in [0.3, 0.4) is 0 Å². The van der Waals surface area contributed by atoms with E-state index in [1.54, 1.807) is 6.20 Å². The molecule has 0 bridgehead atoms. The minimum Gasteiger partial charge on any atom is -0.323 e. The number of sulfone groups is 1. The van der Waals surface area contributed by atoms with Crippen LogP contribution >= 0.6 is 0 Å². The lowest BCUT2D eigenvalue weighted by molar-refractivity contribution is 0.505. The number of fused-ring (bicyclic) bond motifs is 1. The second-order valence-corrected chi connectivity index (χ2v) is 7.69. The number of hydrogen-bond donors (Lipinski definition) is 1. The second kappa shape index (κ2) is 5.14. The van der Waals surface area contributed by atoms with E-state index >= 15 is 0 Å². The summed E-state index contributed by atoms with van der Waals surface area (Å²) in [6, 6.07) is 9.11. The van der Waals surface area contributed by atoms with Crippen molar-refractivity contribution in [2.75, 3.05) is 5.75 Å². The van der Waals surface area contributed by atoms with E-state index in [1.165, 1.54) is 0 Å². The molecule has 1 aromatic heterocycles. The van der Waals surface area contributed by atoms with Gasteiger partial charge in [0.05, 0.1) is 16.5 Å². The molecule has 1 saturated heterocycles. The molecule has 0 spiro atoms. The fourth-order valence-electron chi connectivity index (χ4n) is 2.98. The van der Waals surface area contributed by atoms with E-state index < -0.39 is 21.1 Å². The fraction of sp³-hybridized carbons (Fsp3) is 0.400. The number of benzene rings is 1. The van der Waals surface area contributed by atoms with Crippen molar-refractivity contribution in [3.63, 3.8) is 0 Å². The van der Waals surface area contributed by atoms with E-state index in [1.807, 2.05) is 30.3 Å². The number of rotatable bonds is 2. The third-order valence-corrected chi connectivity index (χ3v) is 6.36. The van der Waals surface area contributed by atoms with Gasteiger partial charge >= 0.3 is 0 Å². The molecule has 0 radical (unpaired) electrons. The maximum atomic E-state index is 12.2. The molecular formula is C15H18N2O2S. The van der Waals surface area contributed by atoms with Gasteiger partial charge in [-0.25, -0.2) is 8.42 Å². The quantitative estimate of drug-likeness (QED) is 0.920. The lowest BCUT2D eigenvalue weighted by Gasteiger charge is -2.28. The van der Waals surface area contributed by atoms with Gasteiger partial charge in [-0.05, 0) is 24.5 Å².